The molecule has 0 aliphatic rings. The van der Waals surface area contributed by atoms with Crippen molar-refractivity contribution in [1.82, 2.24) is 0 Å². The lowest BCUT2D eigenvalue weighted by atomic mass is 10.1. The number of hydrogen-bond acceptors (Lipinski definition) is 4. The molecule has 4 nitrogen and oxygen atoms in total. The fraction of sp³-hybridized carbons (Fsp3) is 0.143. The molecule has 0 radical (unpaired) electrons. The fourth-order valence-corrected chi connectivity index (χ4v) is 1.66. The molecular formula is C14H11ClO4. The van der Waals surface area contributed by atoms with Crippen LogP contribution in [0, 0.1) is 0 Å². The summed E-state index contributed by atoms with van der Waals surface area (Å²) in [5, 5.41) is 0.577. The van der Waals surface area contributed by atoms with E-state index in [4.69, 9.17) is 20.8 Å². The summed E-state index contributed by atoms with van der Waals surface area (Å²) in [5.41, 5.74) is 0.340. The minimum Gasteiger partial charge on any atom is -0.460 e. The van der Waals surface area contributed by atoms with Gasteiger partial charge >= 0.3 is 5.97 Å². The van der Waals surface area contributed by atoms with E-state index < -0.39 is 5.97 Å². The number of benzene rings is 1. The zero-order chi connectivity index (χ0) is 13.8. The van der Waals surface area contributed by atoms with Gasteiger partial charge in [0, 0.05) is 22.7 Å². The van der Waals surface area contributed by atoms with Crippen molar-refractivity contribution in [2.75, 3.05) is 6.61 Å². The van der Waals surface area contributed by atoms with Crippen molar-refractivity contribution in [2.24, 2.45) is 0 Å². The average molecular weight is 279 g/mol. The second-order valence-corrected chi connectivity index (χ2v) is 4.19. The van der Waals surface area contributed by atoms with Gasteiger partial charge in [0.05, 0.1) is 6.61 Å². The number of hydrogen-bond donors (Lipinski definition) is 0. The molecule has 0 atom stereocenters. The van der Waals surface area contributed by atoms with Crippen molar-refractivity contribution in [1.29, 1.82) is 0 Å². The summed E-state index contributed by atoms with van der Waals surface area (Å²) in [6.07, 6.45) is 0. The van der Waals surface area contributed by atoms with E-state index in [0.717, 1.165) is 6.07 Å². The first-order valence-electron chi connectivity index (χ1n) is 5.68. The highest BCUT2D eigenvalue weighted by Gasteiger charge is 2.13. The van der Waals surface area contributed by atoms with Crippen LogP contribution < -0.4 is 5.43 Å². The Morgan fingerprint density at radius 2 is 1.95 bits per heavy atom. The van der Waals surface area contributed by atoms with Crippen molar-refractivity contribution in [3.63, 3.8) is 0 Å². The minimum absolute atomic E-state index is 0.112. The van der Waals surface area contributed by atoms with Crippen LogP contribution in [-0.2, 0) is 4.74 Å². The maximum atomic E-state index is 11.6. The first-order valence-corrected chi connectivity index (χ1v) is 6.06. The molecule has 0 saturated carbocycles. The van der Waals surface area contributed by atoms with Gasteiger partial charge in [-0.2, -0.15) is 0 Å². The van der Waals surface area contributed by atoms with Gasteiger partial charge < -0.3 is 9.15 Å². The van der Waals surface area contributed by atoms with Gasteiger partial charge in [-0.1, -0.05) is 11.6 Å². The van der Waals surface area contributed by atoms with Crippen LogP contribution in [0.25, 0.3) is 11.3 Å². The van der Waals surface area contributed by atoms with Crippen molar-refractivity contribution < 1.29 is 13.9 Å². The summed E-state index contributed by atoms with van der Waals surface area (Å²) in [4.78, 5) is 23.1. The van der Waals surface area contributed by atoms with Crippen molar-refractivity contribution in [3.8, 4) is 11.3 Å². The van der Waals surface area contributed by atoms with Gasteiger partial charge in [0.2, 0.25) is 5.76 Å². The van der Waals surface area contributed by atoms with E-state index in [1.54, 1.807) is 31.2 Å². The summed E-state index contributed by atoms with van der Waals surface area (Å²) in [6, 6.07) is 9.18. The molecule has 1 aromatic carbocycles. The number of ether oxygens (including phenoxy) is 1. The van der Waals surface area contributed by atoms with E-state index in [9.17, 15) is 9.59 Å². The molecule has 0 spiro atoms. The number of rotatable bonds is 3. The Labute approximate surface area is 114 Å². The summed E-state index contributed by atoms with van der Waals surface area (Å²) < 4.78 is 10.2. The van der Waals surface area contributed by atoms with Crippen LogP contribution in [0.5, 0.6) is 0 Å². The van der Waals surface area contributed by atoms with E-state index in [1.165, 1.54) is 6.07 Å². The summed E-state index contributed by atoms with van der Waals surface area (Å²) in [5.74, 6) is -0.470. The van der Waals surface area contributed by atoms with E-state index in [0.29, 0.717) is 16.3 Å². The molecule has 98 valence electrons. The highest BCUT2D eigenvalue weighted by molar-refractivity contribution is 6.30. The molecule has 19 heavy (non-hydrogen) atoms. The van der Waals surface area contributed by atoms with E-state index >= 15 is 0 Å². The van der Waals surface area contributed by atoms with Crippen LogP contribution in [-0.4, -0.2) is 12.6 Å². The molecule has 0 N–H and O–H groups in total. The second-order valence-electron chi connectivity index (χ2n) is 3.75. The Hall–Kier alpha value is -2.07. The zero-order valence-corrected chi connectivity index (χ0v) is 10.9. The van der Waals surface area contributed by atoms with E-state index in [2.05, 4.69) is 0 Å². The smallest absolute Gasteiger partial charge is 0.374 e. The summed E-state index contributed by atoms with van der Waals surface area (Å²) in [7, 11) is 0. The number of carbonyl (C=O) groups excluding carboxylic acids is 1. The Kier molecular flexibility index (Phi) is 4.02. The highest BCUT2D eigenvalue weighted by Crippen LogP contribution is 2.21. The topological polar surface area (TPSA) is 56.5 Å². The Bertz CT molecular complexity index is 643. The third-order valence-corrected chi connectivity index (χ3v) is 2.62. The maximum absolute atomic E-state index is 11.6. The molecule has 0 fully saturated rings. The van der Waals surface area contributed by atoms with Crippen molar-refractivity contribution in [2.45, 2.75) is 6.92 Å². The lowest BCUT2D eigenvalue weighted by Gasteiger charge is -2.04. The number of carbonyl (C=O) groups is 1. The summed E-state index contributed by atoms with van der Waals surface area (Å²) >= 11 is 5.79. The van der Waals surface area contributed by atoms with Crippen molar-refractivity contribution >= 4 is 17.6 Å². The largest absolute Gasteiger partial charge is 0.460 e. The van der Waals surface area contributed by atoms with Gasteiger partial charge in [-0.15, -0.1) is 0 Å². The average Bonchev–Trinajstić information content (AvgIpc) is 2.39. The molecule has 0 amide bonds. The molecule has 0 aliphatic carbocycles. The molecule has 5 heteroatoms. The van der Waals surface area contributed by atoms with Crippen LogP contribution in [0.1, 0.15) is 17.5 Å². The molecule has 1 heterocycles. The normalized spacial score (nSPS) is 10.2. The molecule has 0 bridgehead atoms. The van der Waals surface area contributed by atoms with Crippen LogP contribution in [0.15, 0.2) is 45.6 Å². The van der Waals surface area contributed by atoms with E-state index in [-0.39, 0.29) is 17.8 Å². The number of esters is 1. The molecule has 2 rings (SSSR count). The molecule has 2 aromatic rings. The molecular weight excluding hydrogens is 268 g/mol. The molecule has 0 aliphatic heterocycles. The predicted octanol–water partition coefficient (Wildman–Crippen LogP) is 3.14. The molecule has 0 saturated heterocycles. The zero-order valence-electron chi connectivity index (χ0n) is 10.2. The second kappa shape index (κ2) is 5.71. The lowest BCUT2D eigenvalue weighted by molar-refractivity contribution is 0.0488. The van der Waals surface area contributed by atoms with Gasteiger partial charge in [-0.05, 0) is 31.2 Å². The predicted molar refractivity (Wildman–Crippen MR) is 71.4 cm³/mol. The Balaban J connectivity index is 2.44. The molecule has 0 unspecified atom stereocenters. The quantitative estimate of drug-likeness (QED) is 0.810. The first kappa shape index (κ1) is 13.4. The number of halogens is 1. The van der Waals surface area contributed by atoms with Crippen LogP contribution >= 0.6 is 11.6 Å². The maximum Gasteiger partial charge on any atom is 0.374 e. The lowest BCUT2D eigenvalue weighted by Crippen LogP contribution is -2.09. The summed E-state index contributed by atoms with van der Waals surface area (Å²) in [6.45, 7) is 1.90. The molecule has 1 aromatic heterocycles. The van der Waals surface area contributed by atoms with Gasteiger partial charge in [0.15, 0.2) is 5.43 Å². The van der Waals surface area contributed by atoms with E-state index in [1.807, 2.05) is 0 Å². The SMILES string of the molecule is CCOC(=O)c1cc(=O)cc(-c2ccc(Cl)cc2)o1. The third-order valence-electron chi connectivity index (χ3n) is 2.37. The van der Waals surface area contributed by atoms with Gasteiger partial charge in [-0.3, -0.25) is 4.79 Å². The van der Waals surface area contributed by atoms with Crippen molar-refractivity contribution in [3.05, 3.63) is 57.4 Å². The Morgan fingerprint density at radius 1 is 1.26 bits per heavy atom. The van der Waals surface area contributed by atoms with Gasteiger partial charge in [0.1, 0.15) is 5.76 Å². The standard InChI is InChI=1S/C14H11ClO4/c1-2-18-14(17)13-8-11(16)7-12(19-13)9-3-5-10(15)6-4-9/h3-8H,2H2,1H3. The monoisotopic (exact) mass is 278 g/mol. The third kappa shape index (κ3) is 3.23. The van der Waals surface area contributed by atoms with Crippen LogP contribution in [0.2, 0.25) is 5.02 Å². The van der Waals surface area contributed by atoms with Gasteiger partial charge in [0.25, 0.3) is 0 Å². The fourth-order valence-electron chi connectivity index (χ4n) is 1.54. The van der Waals surface area contributed by atoms with Crippen LogP contribution in [0.4, 0.5) is 0 Å². The highest BCUT2D eigenvalue weighted by atomic mass is 35.5. The van der Waals surface area contributed by atoms with Gasteiger partial charge in [-0.25, -0.2) is 4.79 Å². The Morgan fingerprint density at radius 3 is 2.58 bits per heavy atom. The van der Waals surface area contributed by atoms with Crippen LogP contribution in [0.3, 0.4) is 0 Å². The minimum atomic E-state index is -0.657. The first-order chi connectivity index (χ1) is 9.10.